The number of hydrogen-bond donors (Lipinski definition) is 1. The molecular formula is C27H30N4O3. The lowest BCUT2D eigenvalue weighted by Crippen LogP contribution is -2.36. The smallest absolute Gasteiger partial charge is 0.258 e. The van der Waals surface area contributed by atoms with Crippen LogP contribution in [0, 0.1) is 11.3 Å². The van der Waals surface area contributed by atoms with E-state index < -0.39 is 0 Å². The van der Waals surface area contributed by atoms with Gasteiger partial charge in [-0.3, -0.25) is 4.90 Å². The number of likely N-dealkylation sites (tertiary alicyclic amines) is 1. The Balaban J connectivity index is 1.45. The molecule has 1 aliphatic heterocycles. The Kier molecular flexibility index (Phi) is 5.88. The molecule has 1 aromatic heterocycles. The lowest BCUT2D eigenvalue weighted by molar-refractivity contribution is 0.151. The van der Waals surface area contributed by atoms with Crippen molar-refractivity contribution in [2.45, 2.75) is 57.6 Å². The van der Waals surface area contributed by atoms with Crippen molar-refractivity contribution < 1.29 is 14.4 Å². The monoisotopic (exact) mass is 458 g/mol. The minimum Gasteiger partial charge on any atom is -0.490 e. The van der Waals surface area contributed by atoms with E-state index in [1.165, 1.54) is 11.1 Å². The molecule has 0 amide bonds. The molecule has 3 aromatic rings. The highest BCUT2D eigenvalue weighted by Gasteiger charge is 2.45. The van der Waals surface area contributed by atoms with Crippen molar-refractivity contribution in [2.24, 2.45) is 0 Å². The fourth-order valence-electron chi connectivity index (χ4n) is 5.44. The standard InChI is InChI=1S/C27H30N4O3/c1-17(2)33-24-8-7-19(13-20(24)14-28)26-29-25(30-34-26)22-5-4-6-23-21(22)9-10-27(23)11-12-31(16-27)18(3)15-32/h4-8,13,17-18,32H,9-12,15-16H2,1-3H3. The second-order valence-corrected chi connectivity index (χ2v) is 9.78. The van der Waals surface area contributed by atoms with Crippen molar-refractivity contribution in [1.29, 1.82) is 5.26 Å². The Morgan fingerprint density at radius 3 is 2.85 bits per heavy atom. The largest absolute Gasteiger partial charge is 0.490 e. The highest BCUT2D eigenvalue weighted by Crippen LogP contribution is 2.48. The number of nitriles is 1. The van der Waals surface area contributed by atoms with Gasteiger partial charge in [0.05, 0.1) is 18.3 Å². The van der Waals surface area contributed by atoms with Crippen molar-refractivity contribution >= 4 is 0 Å². The zero-order chi connectivity index (χ0) is 23.9. The van der Waals surface area contributed by atoms with E-state index in [0.29, 0.717) is 28.6 Å². The molecule has 2 aromatic carbocycles. The van der Waals surface area contributed by atoms with Gasteiger partial charge in [-0.1, -0.05) is 23.4 Å². The predicted octanol–water partition coefficient (Wildman–Crippen LogP) is 4.33. The van der Waals surface area contributed by atoms with Crippen molar-refractivity contribution in [1.82, 2.24) is 15.0 Å². The third-order valence-corrected chi connectivity index (χ3v) is 7.25. The van der Waals surface area contributed by atoms with E-state index in [1.807, 2.05) is 19.9 Å². The molecule has 2 aliphatic rings. The summed E-state index contributed by atoms with van der Waals surface area (Å²) < 4.78 is 11.3. The molecule has 7 heteroatoms. The van der Waals surface area contributed by atoms with Gasteiger partial charge in [-0.15, -0.1) is 0 Å². The van der Waals surface area contributed by atoms with Crippen LogP contribution in [0.3, 0.4) is 0 Å². The first-order valence-corrected chi connectivity index (χ1v) is 12.0. The van der Waals surface area contributed by atoms with Crippen LogP contribution >= 0.6 is 0 Å². The molecule has 7 nitrogen and oxygen atoms in total. The van der Waals surface area contributed by atoms with Crippen LogP contribution in [0.2, 0.25) is 0 Å². The molecule has 5 rings (SSSR count). The molecular weight excluding hydrogens is 428 g/mol. The summed E-state index contributed by atoms with van der Waals surface area (Å²) in [5.41, 5.74) is 4.96. The molecule has 1 spiro atoms. The molecule has 2 unspecified atom stereocenters. The molecule has 1 aliphatic carbocycles. The highest BCUT2D eigenvalue weighted by atomic mass is 16.5. The number of aliphatic hydroxyl groups is 1. The van der Waals surface area contributed by atoms with Crippen LogP contribution < -0.4 is 4.74 Å². The van der Waals surface area contributed by atoms with E-state index in [4.69, 9.17) is 14.2 Å². The van der Waals surface area contributed by atoms with Gasteiger partial charge in [0.25, 0.3) is 5.89 Å². The number of nitrogens with zero attached hydrogens (tertiary/aromatic N) is 4. The van der Waals surface area contributed by atoms with Gasteiger partial charge in [-0.05, 0) is 75.9 Å². The maximum absolute atomic E-state index is 9.60. The number of rotatable bonds is 6. The Bertz CT molecular complexity index is 1240. The van der Waals surface area contributed by atoms with Gasteiger partial charge in [-0.2, -0.15) is 10.2 Å². The van der Waals surface area contributed by atoms with Crippen molar-refractivity contribution in [3.63, 3.8) is 0 Å². The quantitative estimate of drug-likeness (QED) is 0.587. The molecule has 1 saturated heterocycles. The van der Waals surface area contributed by atoms with E-state index in [9.17, 15) is 10.4 Å². The van der Waals surface area contributed by atoms with E-state index in [2.05, 4.69) is 41.2 Å². The van der Waals surface area contributed by atoms with E-state index in [1.54, 1.807) is 12.1 Å². The van der Waals surface area contributed by atoms with Crippen LogP contribution in [0.15, 0.2) is 40.9 Å². The van der Waals surface area contributed by atoms with E-state index >= 15 is 0 Å². The summed E-state index contributed by atoms with van der Waals surface area (Å²) in [7, 11) is 0. The average Bonchev–Trinajstić information content (AvgIpc) is 3.58. The van der Waals surface area contributed by atoms with Gasteiger partial charge in [0.2, 0.25) is 5.82 Å². The number of aliphatic hydroxyl groups excluding tert-OH is 1. The van der Waals surface area contributed by atoms with Crippen LogP contribution in [0.1, 0.15) is 50.3 Å². The average molecular weight is 459 g/mol. The van der Waals surface area contributed by atoms with Crippen LogP contribution in [0.4, 0.5) is 0 Å². The second kappa shape index (κ2) is 8.86. The molecule has 2 heterocycles. The summed E-state index contributed by atoms with van der Waals surface area (Å²) in [6, 6.07) is 14.1. The number of aromatic nitrogens is 2. The van der Waals surface area contributed by atoms with Crippen LogP contribution in [-0.2, 0) is 11.8 Å². The summed E-state index contributed by atoms with van der Waals surface area (Å²) in [5.74, 6) is 1.51. The fraction of sp³-hybridized carbons (Fsp3) is 0.444. The van der Waals surface area contributed by atoms with Crippen LogP contribution in [0.5, 0.6) is 5.75 Å². The zero-order valence-corrected chi connectivity index (χ0v) is 19.9. The molecule has 0 bridgehead atoms. The Hall–Kier alpha value is -3.21. The summed E-state index contributed by atoms with van der Waals surface area (Å²) in [4.78, 5) is 7.09. The summed E-state index contributed by atoms with van der Waals surface area (Å²) in [5, 5.41) is 23.4. The Morgan fingerprint density at radius 1 is 1.24 bits per heavy atom. The fourth-order valence-corrected chi connectivity index (χ4v) is 5.44. The van der Waals surface area contributed by atoms with Crippen LogP contribution in [-0.4, -0.2) is 52.0 Å². The summed E-state index contributed by atoms with van der Waals surface area (Å²) in [6.07, 6.45) is 3.17. The van der Waals surface area contributed by atoms with Gasteiger partial charge < -0.3 is 14.4 Å². The minimum atomic E-state index is -0.0183. The lowest BCUT2D eigenvalue weighted by Gasteiger charge is -2.28. The SMILES string of the molecule is CC(C)Oc1ccc(-c2nc(-c3cccc4c3CCC43CCN(C(C)CO)C3)no2)cc1C#N. The number of benzene rings is 2. The molecule has 0 saturated carbocycles. The van der Waals surface area contributed by atoms with E-state index in [0.717, 1.165) is 37.9 Å². The van der Waals surface area contributed by atoms with Gasteiger partial charge in [0.15, 0.2) is 0 Å². The Morgan fingerprint density at radius 2 is 2.09 bits per heavy atom. The molecule has 1 N–H and O–H groups in total. The maximum atomic E-state index is 9.60. The van der Waals surface area contributed by atoms with Gasteiger partial charge in [0.1, 0.15) is 11.8 Å². The van der Waals surface area contributed by atoms with Crippen molar-refractivity contribution in [3.05, 3.63) is 53.1 Å². The van der Waals surface area contributed by atoms with Gasteiger partial charge in [0, 0.05) is 29.1 Å². The second-order valence-electron chi connectivity index (χ2n) is 9.78. The minimum absolute atomic E-state index is 0.0183. The molecule has 2 atom stereocenters. The van der Waals surface area contributed by atoms with E-state index in [-0.39, 0.29) is 24.2 Å². The number of ether oxygens (including phenoxy) is 1. The van der Waals surface area contributed by atoms with Gasteiger partial charge >= 0.3 is 0 Å². The molecule has 1 fully saturated rings. The predicted molar refractivity (Wildman–Crippen MR) is 128 cm³/mol. The zero-order valence-electron chi connectivity index (χ0n) is 19.9. The highest BCUT2D eigenvalue weighted by molar-refractivity contribution is 5.68. The third-order valence-electron chi connectivity index (χ3n) is 7.25. The van der Waals surface area contributed by atoms with Crippen LogP contribution in [0.25, 0.3) is 22.8 Å². The van der Waals surface area contributed by atoms with Crippen molar-refractivity contribution in [3.8, 4) is 34.7 Å². The lowest BCUT2D eigenvalue weighted by atomic mass is 9.81. The molecule has 176 valence electrons. The molecule has 34 heavy (non-hydrogen) atoms. The third kappa shape index (κ3) is 3.87. The molecule has 0 radical (unpaired) electrons. The normalized spacial score (nSPS) is 20.6. The first-order chi connectivity index (χ1) is 16.4. The summed E-state index contributed by atoms with van der Waals surface area (Å²) >= 11 is 0. The first-order valence-electron chi connectivity index (χ1n) is 12.0. The Labute approximate surface area is 200 Å². The maximum Gasteiger partial charge on any atom is 0.258 e. The number of fused-ring (bicyclic) bond motifs is 2. The number of hydrogen-bond acceptors (Lipinski definition) is 7. The first kappa shape index (κ1) is 22.6. The van der Waals surface area contributed by atoms with Gasteiger partial charge in [-0.25, -0.2) is 0 Å². The topological polar surface area (TPSA) is 95.4 Å². The summed E-state index contributed by atoms with van der Waals surface area (Å²) in [6.45, 7) is 8.12. The van der Waals surface area contributed by atoms with Crippen molar-refractivity contribution in [2.75, 3.05) is 19.7 Å².